The van der Waals surface area contributed by atoms with Gasteiger partial charge in [-0.3, -0.25) is 9.78 Å². The van der Waals surface area contributed by atoms with Gasteiger partial charge in [0.05, 0.1) is 19.0 Å². The van der Waals surface area contributed by atoms with Crippen LogP contribution >= 0.6 is 0 Å². The van der Waals surface area contributed by atoms with Crippen LogP contribution in [0.4, 0.5) is 5.69 Å². The molecular formula is C21H17N3O5. The molecule has 29 heavy (non-hydrogen) atoms. The van der Waals surface area contributed by atoms with Gasteiger partial charge in [-0.15, -0.1) is 0 Å². The summed E-state index contributed by atoms with van der Waals surface area (Å²) in [6.07, 6.45) is 3.02. The molecule has 0 aliphatic rings. The SMILES string of the molecule is COc1cc2c(cc1NC(=O)[C@H](C)OC(=O)c1cnccn1)oc1ccccc12. The maximum atomic E-state index is 12.5. The van der Waals surface area contributed by atoms with E-state index >= 15 is 0 Å². The van der Waals surface area contributed by atoms with Crippen LogP contribution in [0.3, 0.4) is 0 Å². The Hall–Kier alpha value is -3.94. The van der Waals surface area contributed by atoms with E-state index in [1.54, 1.807) is 12.1 Å². The number of methoxy groups -OCH3 is 1. The Balaban J connectivity index is 1.57. The van der Waals surface area contributed by atoms with E-state index in [-0.39, 0.29) is 5.69 Å². The van der Waals surface area contributed by atoms with E-state index in [2.05, 4.69) is 15.3 Å². The number of para-hydroxylation sites is 1. The summed E-state index contributed by atoms with van der Waals surface area (Å²) in [5.74, 6) is -0.790. The smallest absolute Gasteiger partial charge is 0.359 e. The lowest BCUT2D eigenvalue weighted by Crippen LogP contribution is -2.30. The highest BCUT2D eigenvalue weighted by Gasteiger charge is 2.22. The summed E-state index contributed by atoms with van der Waals surface area (Å²) >= 11 is 0. The number of benzene rings is 2. The molecule has 0 aliphatic heterocycles. The Morgan fingerprint density at radius 3 is 2.69 bits per heavy atom. The molecule has 8 nitrogen and oxygen atoms in total. The van der Waals surface area contributed by atoms with E-state index in [0.29, 0.717) is 17.0 Å². The summed E-state index contributed by atoms with van der Waals surface area (Å²) in [6.45, 7) is 1.47. The van der Waals surface area contributed by atoms with Crippen molar-refractivity contribution in [2.45, 2.75) is 13.0 Å². The van der Waals surface area contributed by atoms with Gasteiger partial charge in [0.2, 0.25) is 0 Å². The highest BCUT2D eigenvalue weighted by molar-refractivity contribution is 6.08. The average Bonchev–Trinajstić information content (AvgIpc) is 3.11. The standard InChI is InChI=1S/C21H17N3O5/c1-12(28-21(26)16-11-22-7-8-23-16)20(25)24-15-10-18-14(9-19(15)27-2)13-5-3-4-6-17(13)29-18/h3-12H,1-2H3,(H,24,25)/t12-/m0/s1. The van der Waals surface area contributed by atoms with Gasteiger partial charge in [-0.25, -0.2) is 9.78 Å². The van der Waals surface area contributed by atoms with Gasteiger partial charge >= 0.3 is 5.97 Å². The number of fused-ring (bicyclic) bond motifs is 3. The molecule has 2 heterocycles. The lowest BCUT2D eigenvalue weighted by molar-refractivity contribution is -0.123. The van der Waals surface area contributed by atoms with Gasteiger partial charge in [-0.1, -0.05) is 18.2 Å². The summed E-state index contributed by atoms with van der Waals surface area (Å²) < 4.78 is 16.4. The van der Waals surface area contributed by atoms with Crippen LogP contribution in [0.1, 0.15) is 17.4 Å². The number of nitrogens with zero attached hydrogens (tertiary/aromatic N) is 2. The lowest BCUT2D eigenvalue weighted by Gasteiger charge is -2.15. The highest BCUT2D eigenvalue weighted by atomic mass is 16.5. The number of ether oxygens (including phenoxy) is 2. The summed E-state index contributed by atoms with van der Waals surface area (Å²) in [5, 5.41) is 4.54. The summed E-state index contributed by atoms with van der Waals surface area (Å²) in [5.41, 5.74) is 1.77. The fraction of sp³-hybridized carbons (Fsp3) is 0.143. The van der Waals surface area contributed by atoms with Gasteiger partial charge in [0, 0.05) is 29.2 Å². The number of esters is 1. The monoisotopic (exact) mass is 391 g/mol. The topological polar surface area (TPSA) is 104 Å². The number of aromatic nitrogens is 2. The Bertz CT molecular complexity index is 1200. The minimum atomic E-state index is -1.06. The third-order valence-corrected chi connectivity index (χ3v) is 4.38. The van der Waals surface area contributed by atoms with Crippen molar-refractivity contribution in [2.75, 3.05) is 12.4 Å². The fourth-order valence-corrected chi connectivity index (χ4v) is 2.93. The normalized spacial score (nSPS) is 11.9. The molecule has 4 aromatic rings. The molecule has 0 saturated heterocycles. The minimum absolute atomic E-state index is 0.0217. The Kier molecular flexibility index (Phi) is 4.82. The van der Waals surface area contributed by atoms with Crippen molar-refractivity contribution < 1.29 is 23.5 Å². The van der Waals surface area contributed by atoms with Crippen molar-refractivity contribution in [1.82, 2.24) is 9.97 Å². The zero-order valence-corrected chi connectivity index (χ0v) is 15.7. The summed E-state index contributed by atoms with van der Waals surface area (Å²) in [4.78, 5) is 32.3. The molecule has 0 spiro atoms. The van der Waals surface area contributed by atoms with E-state index in [9.17, 15) is 9.59 Å². The van der Waals surface area contributed by atoms with Crippen molar-refractivity contribution in [3.63, 3.8) is 0 Å². The van der Waals surface area contributed by atoms with Crippen LogP contribution in [0.15, 0.2) is 59.4 Å². The summed E-state index contributed by atoms with van der Waals surface area (Å²) in [7, 11) is 1.51. The number of rotatable bonds is 5. The number of carbonyl (C=O) groups excluding carboxylic acids is 2. The predicted molar refractivity (Wildman–Crippen MR) is 106 cm³/mol. The van der Waals surface area contributed by atoms with Crippen molar-refractivity contribution in [3.8, 4) is 5.75 Å². The number of furan rings is 1. The van der Waals surface area contributed by atoms with Crippen LogP contribution in [-0.2, 0) is 9.53 Å². The first-order valence-electron chi connectivity index (χ1n) is 8.84. The van der Waals surface area contributed by atoms with Crippen LogP contribution in [0, 0.1) is 0 Å². The van der Waals surface area contributed by atoms with Gasteiger partial charge in [-0.05, 0) is 19.1 Å². The number of hydrogen-bond acceptors (Lipinski definition) is 7. The number of hydrogen-bond donors (Lipinski definition) is 1. The molecule has 2 aromatic heterocycles. The van der Waals surface area contributed by atoms with Crippen LogP contribution in [-0.4, -0.2) is 35.1 Å². The maximum Gasteiger partial charge on any atom is 0.359 e. The number of carbonyl (C=O) groups is 2. The van der Waals surface area contributed by atoms with E-state index < -0.39 is 18.0 Å². The van der Waals surface area contributed by atoms with Gasteiger partial charge in [0.15, 0.2) is 11.8 Å². The van der Waals surface area contributed by atoms with Gasteiger partial charge in [-0.2, -0.15) is 0 Å². The molecule has 0 fully saturated rings. The molecule has 0 unspecified atom stereocenters. The quantitative estimate of drug-likeness (QED) is 0.519. The van der Waals surface area contributed by atoms with Crippen LogP contribution in [0.25, 0.3) is 21.9 Å². The van der Waals surface area contributed by atoms with Crippen LogP contribution < -0.4 is 10.1 Å². The minimum Gasteiger partial charge on any atom is -0.495 e. The number of nitrogens with one attached hydrogen (secondary N) is 1. The first kappa shape index (κ1) is 18.4. The molecule has 1 N–H and O–H groups in total. The van der Waals surface area contributed by atoms with Crippen LogP contribution in [0.2, 0.25) is 0 Å². The van der Waals surface area contributed by atoms with E-state index in [0.717, 1.165) is 16.4 Å². The first-order chi connectivity index (χ1) is 14.1. The molecular weight excluding hydrogens is 374 g/mol. The van der Waals surface area contributed by atoms with Crippen LogP contribution in [0.5, 0.6) is 5.75 Å². The molecule has 1 amide bonds. The lowest BCUT2D eigenvalue weighted by atomic mass is 10.1. The fourth-order valence-electron chi connectivity index (χ4n) is 2.93. The Morgan fingerprint density at radius 2 is 1.93 bits per heavy atom. The second-order valence-corrected chi connectivity index (χ2v) is 6.27. The highest BCUT2D eigenvalue weighted by Crippen LogP contribution is 2.36. The average molecular weight is 391 g/mol. The number of anilines is 1. The molecule has 1 atom stereocenters. The zero-order chi connectivity index (χ0) is 20.4. The van der Waals surface area contributed by atoms with E-state index in [1.165, 1.54) is 32.6 Å². The molecule has 0 saturated carbocycles. The van der Waals surface area contributed by atoms with Crippen molar-refractivity contribution >= 4 is 39.5 Å². The maximum absolute atomic E-state index is 12.5. The van der Waals surface area contributed by atoms with Gasteiger partial charge in [0.1, 0.15) is 16.9 Å². The second kappa shape index (κ2) is 7.59. The van der Waals surface area contributed by atoms with E-state index in [1.807, 2.05) is 24.3 Å². The van der Waals surface area contributed by atoms with Crippen molar-refractivity contribution in [2.24, 2.45) is 0 Å². The molecule has 0 radical (unpaired) electrons. The molecule has 0 bridgehead atoms. The Morgan fingerprint density at radius 1 is 1.10 bits per heavy atom. The molecule has 0 aliphatic carbocycles. The molecule has 146 valence electrons. The Labute approximate surface area is 165 Å². The van der Waals surface area contributed by atoms with Crippen molar-refractivity contribution in [3.05, 3.63) is 60.7 Å². The number of amides is 1. The van der Waals surface area contributed by atoms with Gasteiger partial charge < -0.3 is 19.2 Å². The van der Waals surface area contributed by atoms with E-state index in [4.69, 9.17) is 13.9 Å². The third-order valence-electron chi connectivity index (χ3n) is 4.38. The predicted octanol–water partition coefficient (Wildman–Crippen LogP) is 3.57. The third kappa shape index (κ3) is 3.60. The van der Waals surface area contributed by atoms with Crippen molar-refractivity contribution in [1.29, 1.82) is 0 Å². The molecule has 2 aromatic carbocycles. The summed E-state index contributed by atoms with van der Waals surface area (Å²) in [6, 6.07) is 11.1. The molecule has 8 heteroatoms. The first-order valence-corrected chi connectivity index (χ1v) is 8.84. The largest absolute Gasteiger partial charge is 0.495 e. The van der Waals surface area contributed by atoms with Gasteiger partial charge in [0.25, 0.3) is 5.91 Å². The second-order valence-electron chi connectivity index (χ2n) is 6.27. The molecule has 4 rings (SSSR count). The zero-order valence-electron chi connectivity index (χ0n) is 15.7.